The van der Waals surface area contributed by atoms with Crippen molar-refractivity contribution in [3.8, 4) is 0 Å². The van der Waals surface area contributed by atoms with Crippen LogP contribution in [0.2, 0.25) is 5.02 Å². The second kappa shape index (κ2) is 2.90. The Bertz CT molecular complexity index is 291. The van der Waals surface area contributed by atoms with Gasteiger partial charge in [-0.15, -0.1) is 0 Å². The first-order valence-corrected chi connectivity index (χ1v) is 4.07. The molecule has 0 aliphatic rings. The number of nitrogens with zero attached hydrogens (tertiary/aromatic N) is 2. The van der Waals surface area contributed by atoms with Crippen LogP contribution in [-0.2, 0) is 5.41 Å². The first-order chi connectivity index (χ1) is 5.43. The minimum atomic E-state index is -0.0891. The number of halogens is 1. The summed E-state index contributed by atoms with van der Waals surface area (Å²) in [7, 11) is 0. The van der Waals surface area contributed by atoms with Crippen LogP contribution in [0.15, 0.2) is 6.33 Å². The summed E-state index contributed by atoms with van der Waals surface area (Å²) in [5.41, 5.74) is 6.23. The molecule has 1 aromatic rings. The number of rotatable bonds is 0. The second-order valence-corrected chi connectivity index (χ2v) is 4.05. The number of hydrogen-bond acceptors (Lipinski definition) is 3. The van der Waals surface area contributed by atoms with E-state index < -0.39 is 0 Å². The third-order valence-corrected chi connectivity index (χ3v) is 1.90. The lowest BCUT2D eigenvalue weighted by molar-refractivity contribution is 0.567. The van der Waals surface area contributed by atoms with Crippen LogP contribution in [0.25, 0.3) is 0 Å². The van der Waals surface area contributed by atoms with Gasteiger partial charge in [-0.05, 0) is 0 Å². The zero-order valence-electron chi connectivity index (χ0n) is 7.43. The summed E-state index contributed by atoms with van der Waals surface area (Å²) < 4.78 is 0. The molecule has 0 aromatic carbocycles. The molecule has 0 spiro atoms. The Morgan fingerprint density at radius 1 is 1.33 bits per heavy atom. The fraction of sp³-hybridized carbons (Fsp3) is 0.500. The zero-order chi connectivity index (χ0) is 9.35. The van der Waals surface area contributed by atoms with Crippen LogP contribution in [-0.4, -0.2) is 9.97 Å². The van der Waals surface area contributed by atoms with Gasteiger partial charge < -0.3 is 5.73 Å². The quantitative estimate of drug-likeness (QED) is 0.673. The molecule has 66 valence electrons. The molecule has 0 aliphatic heterocycles. The van der Waals surface area contributed by atoms with Crippen molar-refractivity contribution in [2.24, 2.45) is 0 Å². The average Bonchev–Trinajstić information content (AvgIpc) is 1.92. The number of nitrogens with two attached hydrogens (primary N) is 1. The van der Waals surface area contributed by atoms with Gasteiger partial charge in [0, 0.05) is 5.41 Å². The summed E-state index contributed by atoms with van der Waals surface area (Å²) in [6.45, 7) is 6.09. The molecule has 1 heterocycles. The van der Waals surface area contributed by atoms with E-state index in [-0.39, 0.29) is 5.41 Å². The normalized spacial score (nSPS) is 11.7. The van der Waals surface area contributed by atoms with E-state index >= 15 is 0 Å². The minimum absolute atomic E-state index is 0.0891. The minimum Gasteiger partial charge on any atom is -0.382 e. The van der Waals surface area contributed by atoms with Crippen LogP contribution in [0.4, 0.5) is 5.82 Å². The molecule has 1 aromatic heterocycles. The number of anilines is 1. The highest BCUT2D eigenvalue weighted by Crippen LogP contribution is 2.29. The number of aromatic nitrogens is 2. The van der Waals surface area contributed by atoms with Crippen molar-refractivity contribution in [1.82, 2.24) is 9.97 Å². The Kier molecular flexibility index (Phi) is 2.24. The summed E-state index contributed by atoms with van der Waals surface area (Å²) in [6, 6.07) is 0. The molecule has 3 nitrogen and oxygen atoms in total. The zero-order valence-corrected chi connectivity index (χ0v) is 8.18. The Balaban J connectivity index is 3.26. The van der Waals surface area contributed by atoms with Gasteiger partial charge in [0.2, 0.25) is 0 Å². The molecule has 0 radical (unpaired) electrons. The van der Waals surface area contributed by atoms with E-state index in [1.54, 1.807) is 0 Å². The monoisotopic (exact) mass is 185 g/mol. The molecule has 12 heavy (non-hydrogen) atoms. The maximum Gasteiger partial charge on any atom is 0.145 e. The van der Waals surface area contributed by atoms with E-state index in [1.165, 1.54) is 6.33 Å². The van der Waals surface area contributed by atoms with Gasteiger partial charge in [0.1, 0.15) is 17.2 Å². The van der Waals surface area contributed by atoms with Gasteiger partial charge >= 0.3 is 0 Å². The van der Waals surface area contributed by atoms with Crippen molar-refractivity contribution in [2.45, 2.75) is 26.2 Å². The first-order valence-electron chi connectivity index (χ1n) is 3.69. The second-order valence-electron chi connectivity index (χ2n) is 3.67. The van der Waals surface area contributed by atoms with Gasteiger partial charge in [0.15, 0.2) is 0 Å². The molecule has 0 atom stereocenters. The molecule has 0 bridgehead atoms. The molecule has 0 saturated heterocycles. The number of nitrogen functional groups attached to an aromatic ring is 1. The van der Waals surface area contributed by atoms with Crippen LogP contribution < -0.4 is 5.73 Å². The maximum absolute atomic E-state index is 5.93. The number of hydrogen-bond donors (Lipinski definition) is 1. The van der Waals surface area contributed by atoms with Gasteiger partial charge in [0.05, 0.1) is 5.69 Å². The van der Waals surface area contributed by atoms with E-state index in [4.69, 9.17) is 17.3 Å². The highest BCUT2D eigenvalue weighted by molar-refractivity contribution is 6.33. The van der Waals surface area contributed by atoms with Crippen molar-refractivity contribution >= 4 is 17.4 Å². The van der Waals surface area contributed by atoms with Crippen molar-refractivity contribution in [2.75, 3.05) is 5.73 Å². The van der Waals surface area contributed by atoms with E-state index in [2.05, 4.69) is 9.97 Å². The lowest BCUT2D eigenvalue weighted by Gasteiger charge is -2.18. The Hall–Kier alpha value is -0.830. The Morgan fingerprint density at radius 3 is 2.33 bits per heavy atom. The standard InChI is InChI=1S/C8H12ClN3/c1-8(2,3)6-5(9)7(10)12-4-11-6/h4H,1-3H3,(H2,10,11,12). The third-order valence-electron chi connectivity index (χ3n) is 1.53. The van der Waals surface area contributed by atoms with Crippen molar-refractivity contribution < 1.29 is 0 Å². The SMILES string of the molecule is CC(C)(C)c1ncnc(N)c1Cl. The molecule has 0 fully saturated rings. The van der Waals surface area contributed by atoms with Crippen LogP contribution in [0, 0.1) is 0 Å². The molecule has 1 rings (SSSR count). The van der Waals surface area contributed by atoms with E-state index in [0.717, 1.165) is 5.69 Å². The van der Waals surface area contributed by atoms with Gasteiger partial charge in [-0.25, -0.2) is 9.97 Å². The Morgan fingerprint density at radius 2 is 1.92 bits per heavy atom. The smallest absolute Gasteiger partial charge is 0.145 e. The summed E-state index contributed by atoms with van der Waals surface area (Å²) in [5, 5.41) is 0.463. The van der Waals surface area contributed by atoms with E-state index in [9.17, 15) is 0 Å². The third kappa shape index (κ3) is 1.67. The van der Waals surface area contributed by atoms with Crippen LogP contribution in [0.5, 0.6) is 0 Å². The highest BCUT2D eigenvalue weighted by atomic mass is 35.5. The predicted molar refractivity (Wildman–Crippen MR) is 50.2 cm³/mol. The fourth-order valence-corrected chi connectivity index (χ4v) is 1.29. The van der Waals surface area contributed by atoms with E-state index in [0.29, 0.717) is 10.8 Å². The van der Waals surface area contributed by atoms with Gasteiger partial charge in [-0.3, -0.25) is 0 Å². The fourth-order valence-electron chi connectivity index (χ4n) is 0.906. The Labute approximate surface area is 77.0 Å². The molecule has 4 heteroatoms. The van der Waals surface area contributed by atoms with Gasteiger partial charge in [0.25, 0.3) is 0 Å². The van der Waals surface area contributed by atoms with Crippen molar-refractivity contribution in [3.63, 3.8) is 0 Å². The van der Waals surface area contributed by atoms with Gasteiger partial charge in [-0.2, -0.15) is 0 Å². The average molecular weight is 186 g/mol. The molecule has 2 N–H and O–H groups in total. The molecule has 0 saturated carbocycles. The summed E-state index contributed by atoms with van der Waals surface area (Å²) in [6.07, 6.45) is 1.43. The van der Waals surface area contributed by atoms with E-state index in [1.807, 2.05) is 20.8 Å². The lowest BCUT2D eigenvalue weighted by atomic mass is 9.92. The molecule has 0 aliphatic carbocycles. The first kappa shape index (κ1) is 9.26. The summed E-state index contributed by atoms with van der Waals surface area (Å²) in [4.78, 5) is 7.87. The lowest BCUT2D eigenvalue weighted by Crippen LogP contribution is -2.15. The van der Waals surface area contributed by atoms with Crippen LogP contribution >= 0.6 is 11.6 Å². The van der Waals surface area contributed by atoms with Gasteiger partial charge in [-0.1, -0.05) is 32.4 Å². The largest absolute Gasteiger partial charge is 0.382 e. The topological polar surface area (TPSA) is 51.8 Å². The summed E-state index contributed by atoms with van der Waals surface area (Å²) in [5.74, 6) is 0.344. The van der Waals surface area contributed by atoms with Crippen molar-refractivity contribution in [1.29, 1.82) is 0 Å². The maximum atomic E-state index is 5.93. The molecular weight excluding hydrogens is 174 g/mol. The van der Waals surface area contributed by atoms with Crippen LogP contribution in [0.3, 0.4) is 0 Å². The van der Waals surface area contributed by atoms with Crippen molar-refractivity contribution in [3.05, 3.63) is 17.0 Å². The highest BCUT2D eigenvalue weighted by Gasteiger charge is 2.20. The predicted octanol–water partition coefficient (Wildman–Crippen LogP) is 2.01. The van der Waals surface area contributed by atoms with Crippen LogP contribution in [0.1, 0.15) is 26.5 Å². The molecular formula is C8H12ClN3. The summed E-state index contributed by atoms with van der Waals surface area (Å²) >= 11 is 5.93. The molecule has 0 amide bonds. The molecule has 0 unspecified atom stereocenters.